The maximum Gasteiger partial charge on any atom is 0.226 e. The van der Waals surface area contributed by atoms with Crippen LogP contribution in [0.4, 0.5) is 11.4 Å². The topological polar surface area (TPSA) is 84.2 Å². The molecule has 0 aliphatic rings. The zero-order valence-corrected chi connectivity index (χ0v) is 11.6. The summed E-state index contributed by atoms with van der Waals surface area (Å²) in [4.78, 5) is 23.3. The van der Waals surface area contributed by atoms with E-state index in [-0.39, 0.29) is 24.2 Å². The van der Waals surface area contributed by atoms with E-state index in [2.05, 4.69) is 10.6 Å². The largest absolute Gasteiger partial charge is 0.330 e. The van der Waals surface area contributed by atoms with Gasteiger partial charge in [0.1, 0.15) is 0 Å². The van der Waals surface area contributed by atoms with Gasteiger partial charge in [-0.1, -0.05) is 19.9 Å². The second kappa shape index (κ2) is 6.89. The van der Waals surface area contributed by atoms with E-state index < -0.39 is 0 Å². The van der Waals surface area contributed by atoms with Gasteiger partial charge in [-0.25, -0.2) is 0 Å². The number of anilines is 2. The summed E-state index contributed by atoms with van der Waals surface area (Å²) in [5, 5.41) is 5.56. The first-order valence-corrected chi connectivity index (χ1v) is 6.35. The van der Waals surface area contributed by atoms with E-state index in [0.717, 1.165) is 5.56 Å². The number of hydrogen-bond donors (Lipinski definition) is 3. The highest BCUT2D eigenvalue weighted by Gasteiger charge is 2.12. The highest BCUT2D eigenvalue weighted by Crippen LogP contribution is 2.23. The van der Waals surface area contributed by atoms with Crippen molar-refractivity contribution in [2.24, 2.45) is 11.7 Å². The van der Waals surface area contributed by atoms with Gasteiger partial charge in [0.05, 0.1) is 11.4 Å². The van der Waals surface area contributed by atoms with Crippen molar-refractivity contribution in [2.45, 2.75) is 27.2 Å². The third-order valence-electron chi connectivity index (χ3n) is 2.60. The Morgan fingerprint density at radius 1 is 1.21 bits per heavy atom. The predicted molar refractivity (Wildman–Crippen MR) is 76.9 cm³/mol. The van der Waals surface area contributed by atoms with Gasteiger partial charge < -0.3 is 16.4 Å². The number of rotatable bonds is 5. The molecule has 2 amide bonds. The van der Waals surface area contributed by atoms with Crippen molar-refractivity contribution in [3.63, 3.8) is 0 Å². The number of aryl methyl sites for hydroxylation is 1. The van der Waals surface area contributed by atoms with Crippen LogP contribution in [-0.4, -0.2) is 18.4 Å². The first-order chi connectivity index (χ1) is 8.93. The molecule has 0 aliphatic heterocycles. The summed E-state index contributed by atoms with van der Waals surface area (Å²) in [6, 6.07) is 5.49. The number of carbonyl (C=O) groups excluding carboxylic acids is 2. The summed E-state index contributed by atoms with van der Waals surface area (Å²) >= 11 is 0. The van der Waals surface area contributed by atoms with Crippen LogP contribution in [0.5, 0.6) is 0 Å². The molecule has 0 radical (unpaired) electrons. The molecule has 0 unspecified atom stereocenters. The molecule has 0 aliphatic carbocycles. The quantitative estimate of drug-likeness (QED) is 0.758. The second-order valence-corrected chi connectivity index (χ2v) is 4.78. The first kappa shape index (κ1) is 15.2. The molecule has 0 bridgehead atoms. The van der Waals surface area contributed by atoms with Gasteiger partial charge in [0.15, 0.2) is 0 Å². The molecule has 0 heterocycles. The highest BCUT2D eigenvalue weighted by atomic mass is 16.2. The van der Waals surface area contributed by atoms with Crippen LogP contribution in [-0.2, 0) is 9.59 Å². The molecule has 1 aromatic carbocycles. The molecular weight excluding hydrogens is 242 g/mol. The SMILES string of the molecule is Cc1ccc(NC(=O)C(C)C)c(NC(=O)CCN)c1. The average molecular weight is 263 g/mol. The third kappa shape index (κ3) is 4.71. The van der Waals surface area contributed by atoms with Gasteiger partial charge in [0.25, 0.3) is 0 Å². The van der Waals surface area contributed by atoms with E-state index in [1.54, 1.807) is 6.07 Å². The Morgan fingerprint density at radius 2 is 1.89 bits per heavy atom. The molecule has 19 heavy (non-hydrogen) atoms. The molecule has 0 aromatic heterocycles. The predicted octanol–water partition coefficient (Wildman–Crippen LogP) is 1.88. The van der Waals surface area contributed by atoms with Gasteiger partial charge >= 0.3 is 0 Å². The number of nitrogens with one attached hydrogen (secondary N) is 2. The van der Waals surface area contributed by atoms with Gasteiger partial charge in [-0.3, -0.25) is 9.59 Å². The van der Waals surface area contributed by atoms with E-state index in [0.29, 0.717) is 17.9 Å². The Morgan fingerprint density at radius 3 is 2.47 bits per heavy atom. The smallest absolute Gasteiger partial charge is 0.226 e. The monoisotopic (exact) mass is 263 g/mol. The Bertz CT molecular complexity index is 470. The number of hydrogen-bond acceptors (Lipinski definition) is 3. The zero-order valence-electron chi connectivity index (χ0n) is 11.6. The summed E-state index contributed by atoms with van der Waals surface area (Å²) in [7, 11) is 0. The molecule has 5 heteroatoms. The lowest BCUT2D eigenvalue weighted by molar-refractivity contribution is -0.119. The summed E-state index contributed by atoms with van der Waals surface area (Å²) in [6.07, 6.45) is 0.255. The van der Waals surface area contributed by atoms with Crippen molar-refractivity contribution in [3.8, 4) is 0 Å². The van der Waals surface area contributed by atoms with E-state index in [9.17, 15) is 9.59 Å². The minimum absolute atomic E-state index is 0.0850. The molecule has 0 atom stereocenters. The first-order valence-electron chi connectivity index (χ1n) is 6.35. The Labute approximate surface area is 113 Å². The molecule has 0 saturated heterocycles. The molecule has 0 fully saturated rings. The minimum atomic E-state index is -0.159. The lowest BCUT2D eigenvalue weighted by atomic mass is 10.1. The fourth-order valence-electron chi connectivity index (χ4n) is 1.49. The molecule has 5 nitrogen and oxygen atoms in total. The molecule has 104 valence electrons. The molecule has 4 N–H and O–H groups in total. The van der Waals surface area contributed by atoms with E-state index in [1.807, 2.05) is 32.9 Å². The Kier molecular flexibility index (Phi) is 5.51. The standard InChI is InChI=1S/C14H21N3O2/c1-9(2)14(19)17-11-5-4-10(3)8-12(11)16-13(18)6-7-15/h4-5,8-9H,6-7,15H2,1-3H3,(H,16,18)(H,17,19). The van der Waals surface area contributed by atoms with Gasteiger partial charge in [-0.2, -0.15) is 0 Å². The van der Waals surface area contributed by atoms with Crippen molar-refractivity contribution in [1.82, 2.24) is 0 Å². The third-order valence-corrected chi connectivity index (χ3v) is 2.60. The summed E-state index contributed by atoms with van der Waals surface area (Å²) in [5.41, 5.74) is 7.56. The molecule has 0 saturated carbocycles. The van der Waals surface area contributed by atoms with Crippen molar-refractivity contribution in [1.29, 1.82) is 0 Å². The van der Waals surface area contributed by atoms with E-state index >= 15 is 0 Å². The number of nitrogens with two attached hydrogens (primary N) is 1. The van der Waals surface area contributed by atoms with Crippen LogP contribution >= 0.6 is 0 Å². The van der Waals surface area contributed by atoms with Crippen LogP contribution in [0.2, 0.25) is 0 Å². The van der Waals surface area contributed by atoms with E-state index in [4.69, 9.17) is 5.73 Å². The molecule has 1 rings (SSSR count). The van der Waals surface area contributed by atoms with Crippen molar-refractivity contribution in [3.05, 3.63) is 23.8 Å². The van der Waals surface area contributed by atoms with Crippen molar-refractivity contribution in [2.75, 3.05) is 17.2 Å². The highest BCUT2D eigenvalue weighted by molar-refractivity contribution is 6.00. The van der Waals surface area contributed by atoms with Crippen LogP contribution in [0.15, 0.2) is 18.2 Å². The lowest BCUT2D eigenvalue weighted by Gasteiger charge is -2.14. The van der Waals surface area contributed by atoms with Crippen LogP contribution in [0.25, 0.3) is 0 Å². The Hall–Kier alpha value is -1.88. The fourth-order valence-corrected chi connectivity index (χ4v) is 1.49. The van der Waals surface area contributed by atoms with Gasteiger partial charge in [-0.15, -0.1) is 0 Å². The van der Waals surface area contributed by atoms with Crippen LogP contribution in [0.1, 0.15) is 25.8 Å². The van der Waals surface area contributed by atoms with Gasteiger partial charge in [-0.05, 0) is 24.6 Å². The molecule has 0 spiro atoms. The van der Waals surface area contributed by atoms with E-state index in [1.165, 1.54) is 0 Å². The molecular formula is C14H21N3O2. The number of carbonyl (C=O) groups is 2. The summed E-state index contributed by atoms with van der Waals surface area (Å²) in [5.74, 6) is -0.361. The fraction of sp³-hybridized carbons (Fsp3) is 0.429. The van der Waals surface area contributed by atoms with Gasteiger partial charge in [0, 0.05) is 18.9 Å². The summed E-state index contributed by atoms with van der Waals surface area (Å²) in [6.45, 7) is 5.85. The second-order valence-electron chi connectivity index (χ2n) is 4.78. The number of amides is 2. The Balaban J connectivity index is 2.91. The van der Waals surface area contributed by atoms with Gasteiger partial charge in [0.2, 0.25) is 11.8 Å². The maximum absolute atomic E-state index is 11.7. The van der Waals surface area contributed by atoms with Crippen LogP contribution < -0.4 is 16.4 Å². The lowest BCUT2D eigenvalue weighted by Crippen LogP contribution is -2.21. The normalized spacial score (nSPS) is 10.4. The summed E-state index contributed by atoms with van der Waals surface area (Å²) < 4.78 is 0. The van der Waals surface area contributed by atoms with Crippen molar-refractivity contribution < 1.29 is 9.59 Å². The molecule has 1 aromatic rings. The van der Waals surface area contributed by atoms with Crippen LogP contribution in [0, 0.1) is 12.8 Å². The maximum atomic E-state index is 11.7. The average Bonchev–Trinajstić information content (AvgIpc) is 2.32. The zero-order chi connectivity index (χ0) is 14.4. The van der Waals surface area contributed by atoms with Crippen molar-refractivity contribution >= 4 is 23.2 Å². The number of benzene rings is 1. The minimum Gasteiger partial charge on any atom is -0.330 e. The van der Waals surface area contributed by atoms with Crippen LogP contribution in [0.3, 0.4) is 0 Å².